The number of nitrogens with zero attached hydrogens (tertiary/aromatic N) is 3. The van der Waals surface area contributed by atoms with Gasteiger partial charge in [-0.3, -0.25) is 9.56 Å². The molecule has 132 valence electrons. The van der Waals surface area contributed by atoms with Gasteiger partial charge in [0.25, 0.3) is 0 Å². The zero-order valence-corrected chi connectivity index (χ0v) is 15.2. The number of rotatable bonds is 3. The topological polar surface area (TPSA) is 30.2 Å². The molecular formula is C25H17N3. The first-order chi connectivity index (χ1) is 13.9. The van der Waals surface area contributed by atoms with Gasteiger partial charge in [0.05, 0.1) is 16.7 Å². The van der Waals surface area contributed by atoms with Crippen molar-refractivity contribution in [2.75, 3.05) is 0 Å². The van der Waals surface area contributed by atoms with Crippen LogP contribution in [0, 0.1) is 0 Å². The summed E-state index contributed by atoms with van der Waals surface area (Å²) in [7, 11) is 0. The number of para-hydroxylation sites is 2. The Morgan fingerprint density at radius 1 is 0.750 bits per heavy atom. The van der Waals surface area contributed by atoms with Gasteiger partial charge in [-0.2, -0.15) is 0 Å². The molecule has 5 aromatic rings. The van der Waals surface area contributed by atoms with Crippen LogP contribution in [0.3, 0.4) is 0 Å². The number of fused-ring (bicyclic) bond motifs is 2. The fraction of sp³-hybridized carbons (Fsp3) is 0.0400. The molecule has 0 amide bonds. The molecule has 28 heavy (non-hydrogen) atoms. The molecule has 0 aliphatic carbocycles. The lowest BCUT2D eigenvalue weighted by atomic mass is 9.99. The Bertz CT molecular complexity index is 1350. The first-order valence-corrected chi connectivity index (χ1v) is 9.46. The van der Waals surface area contributed by atoms with Crippen LogP contribution in [-0.4, -0.2) is 15.8 Å². The standard InChI is InChI=1S/C25H17N3/c1-2-6-25-22(5-1)27-16-28(25)24-7-3-4-20-14-19(12-13-21(20)24)17-8-10-18(11-9-17)23-15-26-23/h1-16,23H. The van der Waals surface area contributed by atoms with Crippen LogP contribution in [0.4, 0.5) is 0 Å². The molecule has 3 heteroatoms. The van der Waals surface area contributed by atoms with Crippen molar-refractivity contribution in [1.29, 1.82) is 0 Å². The molecule has 1 aliphatic heterocycles. The van der Waals surface area contributed by atoms with Gasteiger partial charge in [-0.1, -0.05) is 60.7 Å². The summed E-state index contributed by atoms with van der Waals surface area (Å²) in [5, 5.41) is 2.44. The van der Waals surface area contributed by atoms with Crippen LogP contribution >= 0.6 is 0 Å². The monoisotopic (exact) mass is 359 g/mol. The van der Waals surface area contributed by atoms with Gasteiger partial charge in [-0.15, -0.1) is 0 Å². The molecule has 4 aromatic carbocycles. The lowest BCUT2D eigenvalue weighted by Gasteiger charge is -2.11. The van der Waals surface area contributed by atoms with E-state index in [-0.39, 0.29) is 0 Å². The second kappa shape index (κ2) is 5.89. The molecule has 1 aromatic heterocycles. The molecule has 1 atom stereocenters. The summed E-state index contributed by atoms with van der Waals surface area (Å²) in [6.45, 7) is 0. The van der Waals surface area contributed by atoms with E-state index in [1.165, 1.54) is 27.5 Å². The molecule has 0 saturated carbocycles. The van der Waals surface area contributed by atoms with E-state index in [9.17, 15) is 0 Å². The van der Waals surface area contributed by atoms with Crippen LogP contribution in [0.2, 0.25) is 0 Å². The predicted molar refractivity (Wildman–Crippen MR) is 115 cm³/mol. The largest absolute Gasteiger partial charge is 0.298 e. The Labute approximate surface area is 162 Å². The Morgan fingerprint density at radius 3 is 2.43 bits per heavy atom. The zero-order valence-electron chi connectivity index (χ0n) is 15.2. The second-order valence-electron chi connectivity index (χ2n) is 7.18. The lowest BCUT2D eigenvalue weighted by Crippen LogP contribution is -1.93. The van der Waals surface area contributed by atoms with Crippen LogP contribution in [0.25, 0.3) is 38.6 Å². The van der Waals surface area contributed by atoms with Crippen molar-refractivity contribution in [3.8, 4) is 16.8 Å². The quantitative estimate of drug-likeness (QED) is 0.390. The number of aliphatic imine (C=N–C) groups is 1. The Kier molecular flexibility index (Phi) is 3.23. The highest BCUT2D eigenvalue weighted by atomic mass is 15.0. The molecular weight excluding hydrogens is 342 g/mol. The number of hydrogen-bond acceptors (Lipinski definition) is 2. The second-order valence-corrected chi connectivity index (χ2v) is 7.18. The molecule has 0 fully saturated rings. The summed E-state index contributed by atoms with van der Waals surface area (Å²) >= 11 is 0. The summed E-state index contributed by atoms with van der Waals surface area (Å²) in [6.07, 6.45) is 3.89. The molecule has 0 saturated heterocycles. The highest BCUT2D eigenvalue weighted by molar-refractivity contribution is 5.95. The number of benzene rings is 4. The van der Waals surface area contributed by atoms with E-state index in [1.54, 1.807) is 0 Å². The van der Waals surface area contributed by atoms with Crippen molar-refractivity contribution in [3.63, 3.8) is 0 Å². The van der Waals surface area contributed by atoms with Gasteiger partial charge in [-0.25, -0.2) is 4.98 Å². The van der Waals surface area contributed by atoms with Crippen molar-refractivity contribution in [3.05, 3.63) is 96.8 Å². The Morgan fingerprint density at radius 2 is 1.57 bits per heavy atom. The van der Waals surface area contributed by atoms with Gasteiger partial charge in [0, 0.05) is 11.6 Å². The third-order valence-electron chi connectivity index (χ3n) is 5.45. The Balaban J connectivity index is 1.46. The zero-order chi connectivity index (χ0) is 18.5. The fourth-order valence-corrected chi connectivity index (χ4v) is 3.90. The van der Waals surface area contributed by atoms with E-state index in [0.29, 0.717) is 6.04 Å². The first kappa shape index (κ1) is 15.3. The highest BCUT2D eigenvalue weighted by Crippen LogP contribution is 2.31. The fourth-order valence-electron chi connectivity index (χ4n) is 3.90. The van der Waals surface area contributed by atoms with Gasteiger partial charge in [0.1, 0.15) is 12.4 Å². The van der Waals surface area contributed by atoms with E-state index >= 15 is 0 Å². The number of imidazole rings is 1. The van der Waals surface area contributed by atoms with Crippen molar-refractivity contribution >= 4 is 28.0 Å². The maximum Gasteiger partial charge on any atom is 0.109 e. The van der Waals surface area contributed by atoms with Crippen LogP contribution < -0.4 is 0 Å². The third-order valence-corrected chi connectivity index (χ3v) is 5.45. The Hall–Kier alpha value is -3.72. The average molecular weight is 359 g/mol. The van der Waals surface area contributed by atoms with Gasteiger partial charge in [0.2, 0.25) is 0 Å². The molecule has 0 spiro atoms. The minimum atomic E-state index is 0.304. The lowest BCUT2D eigenvalue weighted by molar-refractivity contribution is 1.10. The minimum absolute atomic E-state index is 0.304. The van der Waals surface area contributed by atoms with Gasteiger partial charge in [0.15, 0.2) is 0 Å². The first-order valence-electron chi connectivity index (χ1n) is 9.46. The molecule has 2 heterocycles. The van der Waals surface area contributed by atoms with E-state index in [1.807, 2.05) is 24.7 Å². The van der Waals surface area contributed by atoms with E-state index in [2.05, 4.69) is 87.3 Å². The van der Waals surface area contributed by atoms with Crippen molar-refractivity contribution in [2.45, 2.75) is 6.04 Å². The van der Waals surface area contributed by atoms with Gasteiger partial charge >= 0.3 is 0 Å². The molecule has 3 nitrogen and oxygen atoms in total. The van der Waals surface area contributed by atoms with E-state index in [0.717, 1.165) is 16.7 Å². The summed E-state index contributed by atoms with van der Waals surface area (Å²) in [5.74, 6) is 0. The van der Waals surface area contributed by atoms with Crippen molar-refractivity contribution in [1.82, 2.24) is 9.55 Å². The molecule has 6 rings (SSSR count). The predicted octanol–water partition coefficient (Wildman–Crippen LogP) is 5.97. The van der Waals surface area contributed by atoms with Crippen LogP contribution in [0.15, 0.2) is 96.2 Å². The minimum Gasteiger partial charge on any atom is -0.298 e. The maximum absolute atomic E-state index is 4.55. The summed E-state index contributed by atoms with van der Waals surface area (Å²) < 4.78 is 2.17. The summed E-state index contributed by atoms with van der Waals surface area (Å²) in [5.41, 5.74) is 7.00. The smallest absolute Gasteiger partial charge is 0.109 e. The number of aromatic nitrogens is 2. The molecule has 1 aliphatic rings. The normalized spacial score (nSPS) is 15.4. The molecule has 0 radical (unpaired) electrons. The maximum atomic E-state index is 4.55. The summed E-state index contributed by atoms with van der Waals surface area (Å²) in [6, 6.07) is 30.4. The third kappa shape index (κ3) is 2.44. The summed E-state index contributed by atoms with van der Waals surface area (Å²) in [4.78, 5) is 8.79. The van der Waals surface area contributed by atoms with Crippen LogP contribution in [0.5, 0.6) is 0 Å². The number of hydrogen-bond donors (Lipinski definition) is 0. The average Bonchev–Trinajstić information content (AvgIpc) is 3.52. The SMILES string of the molecule is C1=NC1c1ccc(-c2ccc3c(-n4cnc5ccccc54)cccc3c2)cc1. The van der Waals surface area contributed by atoms with Gasteiger partial charge in [-0.05, 0) is 46.3 Å². The van der Waals surface area contributed by atoms with Crippen LogP contribution in [0.1, 0.15) is 11.6 Å². The molecule has 1 unspecified atom stereocenters. The van der Waals surface area contributed by atoms with Crippen molar-refractivity contribution in [2.24, 2.45) is 4.99 Å². The molecule has 0 N–H and O–H groups in total. The highest BCUT2D eigenvalue weighted by Gasteiger charge is 2.15. The van der Waals surface area contributed by atoms with Crippen molar-refractivity contribution < 1.29 is 0 Å². The van der Waals surface area contributed by atoms with Gasteiger partial charge < -0.3 is 0 Å². The molecule has 0 bridgehead atoms. The van der Waals surface area contributed by atoms with E-state index in [4.69, 9.17) is 0 Å². The van der Waals surface area contributed by atoms with E-state index < -0.39 is 0 Å². The van der Waals surface area contributed by atoms with Crippen LogP contribution in [-0.2, 0) is 0 Å².